The zero-order chi connectivity index (χ0) is 12.5. The van der Waals surface area contributed by atoms with Crippen LogP contribution in [0.4, 0.5) is 24.5 Å². The summed E-state index contributed by atoms with van der Waals surface area (Å²) in [5.41, 5.74) is 5.24. The van der Waals surface area contributed by atoms with Crippen LogP contribution < -0.4 is 16.6 Å². The molecule has 16 heavy (non-hydrogen) atoms. The molecule has 1 rings (SSSR count). The summed E-state index contributed by atoms with van der Waals surface area (Å²) in [5, 5.41) is 1.21. The Hall–Kier alpha value is -1.43. The second-order valence-electron chi connectivity index (χ2n) is 3.77. The lowest BCUT2D eigenvalue weighted by Gasteiger charge is -2.25. The van der Waals surface area contributed by atoms with E-state index >= 15 is 0 Å². The van der Waals surface area contributed by atoms with Gasteiger partial charge in [0.1, 0.15) is 0 Å². The normalized spacial score (nSPS) is 11.9. The number of nitrogen functional groups attached to an aromatic ring is 1. The van der Waals surface area contributed by atoms with Gasteiger partial charge in [0.2, 0.25) is 0 Å². The standard InChI is InChI=1S/C10H14F3N3/c1-6(2)16(15)9-5-7(10(11,12)13)3-4-8(9)14/h3-6H,14-15H2,1-2H3. The van der Waals surface area contributed by atoms with Crippen LogP contribution in [0.5, 0.6) is 0 Å². The lowest BCUT2D eigenvalue weighted by molar-refractivity contribution is -0.137. The van der Waals surface area contributed by atoms with Crippen LogP contribution in [-0.2, 0) is 6.18 Å². The van der Waals surface area contributed by atoms with Gasteiger partial charge in [0.05, 0.1) is 16.9 Å². The summed E-state index contributed by atoms with van der Waals surface area (Å²) in [5.74, 6) is 5.64. The van der Waals surface area contributed by atoms with Crippen LogP contribution in [0, 0.1) is 0 Å². The Bertz CT molecular complexity index is 374. The van der Waals surface area contributed by atoms with Crippen LogP contribution >= 0.6 is 0 Å². The molecule has 0 unspecified atom stereocenters. The second-order valence-corrected chi connectivity index (χ2v) is 3.77. The summed E-state index contributed by atoms with van der Waals surface area (Å²) >= 11 is 0. The largest absolute Gasteiger partial charge is 0.416 e. The van der Waals surface area contributed by atoms with Crippen LogP contribution in [0.25, 0.3) is 0 Å². The Morgan fingerprint density at radius 3 is 2.25 bits per heavy atom. The highest BCUT2D eigenvalue weighted by atomic mass is 19.4. The number of hydrazine groups is 1. The molecule has 90 valence electrons. The molecule has 0 bridgehead atoms. The average Bonchev–Trinajstić information content (AvgIpc) is 2.15. The van der Waals surface area contributed by atoms with Gasteiger partial charge in [0.15, 0.2) is 0 Å². The topological polar surface area (TPSA) is 55.3 Å². The van der Waals surface area contributed by atoms with Crippen molar-refractivity contribution in [2.24, 2.45) is 5.84 Å². The predicted molar refractivity (Wildman–Crippen MR) is 57.7 cm³/mol. The molecule has 0 heterocycles. The minimum Gasteiger partial charge on any atom is -0.397 e. The smallest absolute Gasteiger partial charge is 0.397 e. The van der Waals surface area contributed by atoms with E-state index in [-0.39, 0.29) is 17.4 Å². The van der Waals surface area contributed by atoms with Gasteiger partial charge in [-0.05, 0) is 32.0 Å². The molecule has 0 saturated carbocycles. The fraction of sp³-hybridized carbons (Fsp3) is 0.400. The number of nitrogens with two attached hydrogens (primary N) is 2. The van der Waals surface area contributed by atoms with Crippen molar-refractivity contribution in [1.29, 1.82) is 0 Å². The molecule has 0 fully saturated rings. The monoisotopic (exact) mass is 233 g/mol. The first-order valence-corrected chi connectivity index (χ1v) is 4.74. The highest BCUT2D eigenvalue weighted by molar-refractivity contribution is 5.68. The van der Waals surface area contributed by atoms with Gasteiger partial charge in [0.25, 0.3) is 0 Å². The Kier molecular flexibility index (Phi) is 3.32. The summed E-state index contributed by atoms with van der Waals surface area (Å²) in [6.45, 7) is 3.53. The molecule has 6 heteroatoms. The summed E-state index contributed by atoms with van der Waals surface area (Å²) in [6, 6.07) is 2.97. The molecule has 0 spiro atoms. The van der Waals surface area contributed by atoms with Gasteiger partial charge in [-0.25, -0.2) is 5.84 Å². The zero-order valence-corrected chi connectivity index (χ0v) is 9.05. The van der Waals surface area contributed by atoms with Gasteiger partial charge in [-0.15, -0.1) is 0 Å². The van der Waals surface area contributed by atoms with Gasteiger partial charge < -0.3 is 10.7 Å². The van der Waals surface area contributed by atoms with Crippen LogP contribution in [0.2, 0.25) is 0 Å². The van der Waals surface area contributed by atoms with Gasteiger partial charge >= 0.3 is 6.18 Å². The molecule has 3 nitrogen and oxygen atoms in total. The minimum absolute atomic E-state index is 0.134. The van der Waals surface area contributed by atoms with Crippen LogP contribution in [0.15, 0.2) is 18.2 Å². The fourth-order valence-corrected chi connectivity index (χ4v) is 1.22. The maximum Gasteiger partial charge on any atom is 0.416 e. The molecule has 0 aliphatic carbocycles. The third-order valence-corrected chi connectivity index (χ3v) is 2.19. The number of hydrogen-bond donors (Lipinski definition) is 2. The third-order valence-electron chi connectivity index (χ3n) is 2.19. The highest BCUT2D eigenvalue weighted by Gasteiger charge is 2.31. The van der Waals surface area contributed by atoms with Gasteiger partial charge in [-0.1, -0.05) is 0 Å². The number of hydrogen-bond acceptors (Lipinski definition) is 3. The third kappa shape index (κ3) is 2.57. The maximum absolute atomic E-state index is 12.5. The lowest BCUT2D eigenvalue weighted by atomic mass is 10.1. The summed E-state index contributed by atoms with van der Waals surface area (Å²) in [4.78, 5) is 0. The number of alkyl halides is 3. The van der Waals surface area contributed by atoms with E-state index < -0.39 is 11.7 Å². The number of anilines is 2. The molecular formula is C10H14F3N3. The van der Waals surface area contributed by atoms with E-state index in [0.29, 0.717) is 0 Å². The molecule has 0 saturated heterocycles. The van der Waals surface area contributed by atoms with Crippen LogP contribution in [0.1, 0.15) is 19.4 Å². The highest BCUT2D eigenvalue weighted by Crippen LogP contribution is 2.34. The van der Waals surface area contributed by atoms with E-state index in [1.807, 2.05) is 0 Å². The predicted octanol–water partition coefficient (Wildman–Crippen LogP) is 2.38. The Morgan fingerprint density at radius 2 is 1.81 bits per heavy atom. The summed E-state index contributed by atoms with van der Waals surface area (Å²) < 4.78 is 37.4. The fourth-order valence-electron chi connectivity index (χ4n) is 1.22. The Balaban J connectivity index is 3.19. The average molecular weight is 233 g/mol. The number of nitrogens with zero attached hydrogens (tertiary/aromatic N) is 1. The summed E-state index contributed by atoms with van der Waals surface area (Å²) in [7, 11) is 0. The molecular weight excluding hydrogens is 219 g/mol. The first kappa shape index (κ1) is 12.6. The Labute approximate surface area is 91.8 Å². The molecule has 0 aromatic heterocycles. The van der Waals surface area contributed by atoms with E-state index in [0.717, 1.165) is 12.1 Å². The first-order valence-electron chi connectivity index (χ1n) is 4.74. The summed E-state index contributed by atoms with van der Waals surface area (Å²) in [6.07, 6.45) is -4.39. The molecule has 0 atom stereocenters. The number of benzene rings is 1. The maximum atomic E-state index is 12.5. The lowest BCUT2D eigenvalue weighted by Crippen LogP contribution is -2.38. The van der Waals surface area contributed by atoms with E-state index in [1.54, 1.807) is 13.8 Å². The SMILES string of the molecule is CC(C)N(N)c1cc(C(F)(F)F)ccc1N. The van der Waals surface area contributed by atoms with Crippen molar-refractivity contribution in [2.45, 2.75) is 26.1 Å². The van der Waals surface area contributed by atoms with Gasteiger partial charge in [-0.3, -0.25) is 0 Å². The quantitative estimate of drug-likeness (QED) is 0.468. The molecule has 0 aliphatic heterocycles. The molecule has 0 amide bonds. The Morgan fingerprint density at radius 1 is 1.25 bits per heavy atom. The van der Waals surface area contributed by atoms with Crippen molar-refractivity contribution in [1.82, 2.24) is 0 Å². The van der Waals surface area contributed by atoms with Crippen molar-refractivity contribution >= 4 is 11.4 Å². The van der Waals surface area contributed by atoms with Crippen molar-refractivity contribution < 1.29 is 13.2 Å². The van der Waals surface area contributed by atoms with E-state index in [4.69, 9.17) is 11.6 Å². The van der Waals surface area contributed by atoms with Crippen molar-refractivity contribution in [2.75, 3.05) is 10.7 Å². The van der Waals surface area contributed by atoms with Crippen molar-refractivity contribution in [3.05, 3.63) is 23.8 Å². The van der Waals surface area contributed by atoms with E-state index in [2.05, 4.69) is 0 Å². The zero-order valence-electron chi connectivity index (χ0n) is 9.05. The molecule has 1 aromatic rings. The van der Waals surface area contributed by atoms with Crippen LogP contribution in [0.3, 0.4) is 0 Å². The van der Waals surface area contributed by atoms with Crippen LogP contribution in [-0.4, -0.2) is 6.04 Å². The number of rotatable bonds is 2. The number of halogens is 3. The molecule has 4 N–H and O–H groups in total. The molecule has 0 radical (unpaired) electrons. The van der Waals surface area contributed by atoms with Crippen molar-refractivity contribution in [3.63, 3.8) is 0 Å². The van der Waals surface area contributed by atoms with Gasteiger partial charge in [-0.2, -0.15) is 13.2 Å². The second kappa shape index (κ2) is 4.21. The van der Waals surface area contributed by atoms with E-state index in [9.17, 15) is 13.2 Å². The molecule has 0 aliphatic rings. The first-order chi connectivity index (χ1) is 7.23. The van der Waals surface area contributed by atoms with Gasteiger partial charge in [0, 0.05) is 6.04 Å². The minimum atomic E-state index is -4.39. The van der Waals surface area contributed by atoms with Crippen molar-refractivity contribution in [3.8, 4) is 0 Å². The van der Waals surface area contributed by atoms with E-state index in [1.165, 1.54) is 11.1 Å². The molecule has 1 aromatic carbocycles.